The first-order valence-electron chi connectivity index (χ1n) is 5.65. The fourth-order valence-corrected chi connectivity index (χ4v) is 2.45. The van der Waals surface area contributed by atoms with Gasteiger partial charge in [-0.2, -0.15) is 0 Å². The maximum Gasteiger partial charge on any atom is 0.161 e. The molecule has 0 radical (unpaired) electrons. The van der Waals surface area contributed by atoms with Crippen LogP contribution in [0, 0.1) is 0 Å². The van der Waals surface area contributed by atoms with E-state index in [2.05, 4.69) is 0 Å². The average molecular weight is 286 g/mol. The fraction of sp³-hybridized carbons (Fsp3) is 0.308. The molecule has 0 saturated carbocycles. The van der Waals surface area contributed by atoms with Crippen molar-refractivity contribution in [3.63, 3.8) is 0 Å². The molecule has 0 aliphatic carbocycles. The summed E-state index contributed by atoms with van der Waals surface area (Å²) >= 11 is 12.2. The van der Waals surface area contributed by atoms with E-state index in [1.165, 1.54) is 6.92 Å². The van der Waals surface area contributed by atoms with Crippen molar-refractivity contribution in [2.24, 2.45) is 0 Å². The Morgan fingerprint density at radius 1 is 1.39 bits per heavy atom. The molecule has 1 aromatic carbocycles. The predicted octanol–water partition coefficient (Wildman–Crippen LogP) is 3.53. The standard InChI is InChI=1S/C13H13Cl2NO2/c1-8(18)10-7-16(5-2-6-17)13-9(10)3-4-11(14)12(13)15/h3-4,7,17H,2,5-6H2,1H3. The molecule has 0 aliphatic rings. The van der Waals surface area contributed by atoms with Crippen LogP contribution in [-0.2, 0) is 6.54 Å². The van der Waals surface area contributed by atoms with Gasteiger partial charge < -0.3 is 9.67 Å². The van der Waals surface area contributed by atoms with Crippen molar-refractivity contribution >= 4 is 39.9 Å². The minimum Gasteiger partial charge on any atom is -0.396 e. The molecule has 1 N–H and O–H groups in total. The molecule has 0 spiro atoms. The Kier molecular flexibility index (Phi) is 3.95. The van der Waals surface area contributed by atoms with Crippen LogP contribution in [0.15, 0.2) is 18.3 Å². The van der Waals surface area contributed by atoms with Crippen LogP contribution < -0.4 is 0 Å². The largest absolute Gasteiger partial charge is 0.396 e. The predicted molar refractivity (Wildman–Crippen MR) is 73.7 cm³/mol. The summed E-state index contributed by atoms with van der Waals surface area (Å²) in [6.07, 6.45) is 2.37. The number of aryl methyl sites for hydroxylation is 1. The highest BCUT2D eigenvalue weighted by Crippen LogP contribution is 2.34. The maximum atomic E-state index is 11.6. The molecule has 1 heterocycles. The number of ketones is 1. The molecule has 0 aliphatic heterocycles. The summed E-state index contributed by atoms with van der Waals surface area (Å²) in [7, 11) is 0. The van der Waals surface area contributed by atoms with E-state index in [0.29, 0.717) is 28.6 Å². The van der Waals surface area contributed by atoms with Crippen molar-refractivity contribution in [2.75, 3.05) is 6.61 Å². The van der Waals surface area contributed by atoms with Crippen molar-refractivity contribution in [3.8, 4) is 0 Å². The molecule has 0 unspecified atom stereocenters. The van der Waals surface area contributed by atoms with Gasteiger partial charge >= 0.3 is 0 Å². The lowest BCUT2D eigenvalue weighted by Crippen LogP contribution is -1.99. The molecule has 2 aromatic rings. The number of rotatable bonds is 4. The van der Waals surface area contributed by atoms with Crippen LogP contribution in [0.5, 0.6) is 0 Å². The number of halogens is 2. The zero-order valence-electron chi connectivity index (χ0n) is 9.91. The minimum atomic E-state index is -0.0128. The summed E-state index contributed by atoms with van der Waals surface area (Å²) < 4.78 is 1.87. The zero-order chi connectivity index (χ0) is 13.3. The molecule has 0 atom stereocenters. The van der Waals surface area contributed by atoms with Crippen LogP contribution in [0.3, 0.4) is 0 Å². The number of fused-ring (bicyclic) bond motifs is 1. The van der Waals surface area contributed by atoms with E-state index in [0.717, 1.165) is 10.9 Å². The molecular formula is C13H13Cl2NO2. The summed E-state index contributed by atoms with van der Waals surface area (Å²) in [4.78, 5) is 11.6. The van der Waals surface area contributed by atoms with Crippen LogP contribution in [0.2, 0.25) is 10.0 Å². The number of hydrogen-bond acceptors (Lipinski definition) is 2. The third kappa shape index (κ3) is 2.26. The summed E-state index contributed by atoms with van der Waals surface area (Å²) in [5.74, 6) is -0.0128. The van der Waals surface area contributed by atoms with Gasteiger partial charge in [0.05, 0.1) is 15.6 Å². The first-order chi connectivity index (χ1) is 8.56. The Bertz CT molecular complexity index is 605. The molecule has 1 aromatic heterocycles. The maximum absolute atomic E-state index is 11.6. The van der Waals surface area contributed by atoms with Crippen LogP contribution >= 0.6 is 23.2 Å². The van der Waals surface area contributed by atoms with E-state index in [9.17, 15) is 4.79 Å². The van der Waals surface area contributed by atoms with Crippen LogP contribution in [-0.4, -0.2) is 22.1 Å². The number of nitrogens with zero attached hydrogens (tertiary/aromatic N) is 1. The van der Waals surface area contributed by atoms with Crippen molar-refractivity contribution in [3.05, 3.63) is 33.9 Å². The van der Waals surface area contributed by atoms with E-state index in [-0.39, 0.29) is 12.4 Å². The van der Waals surface area contributed by atoms with E-state index in [4.69, 9.17) is 28.3 Å². The molecule has 18 heavy (non-hydrogen) atoms. The number of aromatic nitrogens is 1. The molecule has 3 nitrogen and oxygen atoms in total. The van der Waals surface area contributed by atoms with Crippen molar-refractivity contribution in [2.45, 2.75) is 19.9 Å². The second-order valence-electron chi connectivity index (χ2n) is 4.13. The molecule has 0 fully saturated rings. The summed E-state index contributed by atoms with van der Waals surface area (Å²) in [5, 5.41) is 10.6. The fourth-order valence-electron chi connectivity index (χ4n) is 2.03. The Morgan fingerprint density at radius 3 is 2.72 bits per heavy atom. The van der Waals surface area contributed by atoms with E-state index in [1.54, 1.807) is 18.3 Å². The van der Waals surface area contributed by atoms with Gasteiger partial charge in [0, 0.05) is 30.3 Å². The van der Waals surface area contributed by atoms with Crippen molar-refractivity contribution in [1.82, 2.24) is 4.57 Å². The van der Waals surface area contributed by atoms with Gasteiger partial charge in [0.1, 0.15) is 0 Å². The lowest BCUT2D eigenvalue weighted by molar-refractivity contribution is 0.101. The second kappa shape index (κ2) is 5.31. The Hall–Kier alpha value is -1.03. The number of benzene rings is 1. The topological polar surface area (TPSA) is 42.2 Å². The Balaban J connectivity index is 2.69. The van der Waals surface area contributed by atoms with Gasteiger partial charge in [0.15, 0.2) is 5.78 Å². The quantitative estimate of drug-likeness (QED) is 0.874. The molecule has 5 heteroatoms. The first kappa shape index (κ1) is 13.4. The SMILES string of the molecule is CC(=O)c1cn(CCCO)c2c(Cl)c(Cl)ccc12. The van der Waals surface area contributed by atoms with Crippen LogP contribution in [0.1, 0.15) is 23.7 Å². The molecule has 96 valence electrons. The lowest BCUT2D eigenvalue weighted by atomic mass is 10.1. The number of aliphatic hydroxyl groups excluding tert-OH is 1. The normalized spacial score (nSPS) is 11.1. The van der Waals surface area contributed by atoms with Crippen molar-refractivity contribution < 1.29 is 9.90 Å². The van der Waals surface area contributed by atoms with E-state index >= 15 is 0 Å². The molecule has 0 saturated heterocycles. The molecule has 2 rings (SSSR count). The minimum absolute atomic E-state index is 0.0128. The van der Waals surface area contributed by atoms with Gasteiger partial charge in [0.2, 0.25) is 0 Å². The van der Waals surface area contributed by atoms with Gasteiger partial charge in [0.25, 0.3) is 0 Å². The first-order valence-corrected chi connectivity index (χ1v) is 6.40. The molecule has 0 amide bonds. The molecule has 0 bridgehead atoms. The summed E-state index contributed by atoms with van der Waals surface area (Å²) in [6.45, 7) is 2.21. The lowest BCUT2D eigenvalue weighted by Gasteiger charge is -2.06. The van der Waals surface area contributed by atoms with Gasteiger partial charge in [-0.15, -0.1) is 0 Å². The molecular weight excluding hydrogens is 273 g/mol. The number of aliphatic hydroxyl groups is 1. The Morgan fingerprint density at radius 2 is 2.11 bits per heavy atom. The van der Waals surface area contributed by atoms with Crippen molar-refractivity contribution in [1.29, 1.82) is 0 Å². The zero-order valence-corrected chi connectivity index (χ0v) is 11.4. The second-order valence-corrected chi connectivity index (χ2v) is 4.91. The van der Waals surface area contributed by atoms with Gasteiger partial charge in [-0.05, 0) is 19.4 Å². The summed E-state index contributed by atoms with van der Waals surface area (Å²) in [5.41, 5.74) is 1.38. The van der Waals surface area contributed by atoms with E-state index < -0.39 is 0 Å². The highest BCUT2D eigenvalue weighted by atomic mass is 35.5. The van der Waals surface area contributed by atoms with E-state index in [1.807, 2.05) is 4.57 Å². The average Bonchev–Trinajstić information content (AvgIpc) is 2.71. The third-order valence-electron chi connectivity index (χ3n) is 2.87. The number of carbonyl (C=O) groups excluding carboxylic acids is 1. The van der Waals surface area contributed by atoms with Gasteiger partial charge in [-0.25, -0.2) is 0 Å². The smallest absolute Gasteiger partial charge is 0.161 e. The van der Waals surface area contributed by atoms with Crippen LogP contribution in [0.4, 0.5) is 0 Å². The number of Topliss-reactive ketones (excluding diaryl/α,β-unsaturated/α-hetero) is 1. The summed E-state index contributed by atoms with van der Waals surface area (Å²) in [6, 6.07) is 3.49. The highest BCUT2D eigenvalue weighted by Gasteiger charge is 2.15. The monoisotopic (exact) mass is 285 g/mol. The van der Waals surface area contributed by atoms with Gasteiger partial charge in [-0.3, -0.25) is 4.79 Å². The third-order valence-corrected chi connectivity index (χ3v) is 3.66. The highest BCUT2D eigenvalue weighted by molar-refractivity contribution is 6.45. The van der Waals surface area contributed by atoms with Crippen LogP contribution in [0.25, 0.3) is 10.9 Å². The van der Waals surface area contributed by atoms with Gasteiger partial charge in [-0.1, -0.05) is 29.3 Å². The Labute approximate surface area is 115 Å². The number of carbonyl (C=O) groups is 1. The number of hydrogen-bond donors (Lipinski definition) is 1.